The van der Waals surface area contributed by atoms with E-state index in [2.05, 4.69) is 75.0 Å². The molecule has 0 aliphatic carbocycles. The zero-order valence-electron chi connectivity index (χ0n) is 3.95. The van der Waals surface area contributed by atoms with Crippen molar-refractivity contribution in [2.75, 3.05) is 0 Å². The summed E-state index contributed by atoms with van der Waals surface area (Å²) in [5, 5.41) is 0. The van der Waals surface area contributed by atoms with Crippen molar-refractivity contribution in [3.8, 4) is 0 Å². The van der Waals surface area contributed by atoms with Crippen LogP contribution in [0, 0.1) is 0 Å². The van der Waals surface area contributed by atoms with E-state index >= 15 is 0 Å². The maximum Gasteiger partial charge on any atom is 4.00 e. The maximum atomic E-state index is 4.17. The molecule has 7 heteroatoms. The van der Waals surface area contributed by atoms with Gasteiger partial charge in [-0.1, -0.05) is 0 Å². The van der Waals surface area contributed by atoms with Crippen LogP contribution in [0.5, 0.6) is 0 Å². The predicted octanol–water partition coefficient (Wildman–Crippen LogP) is 0.728. The van der Waals surface area contributed by atoms with E-state index in [4.69, 9.17) is 0 Å². The zero-order valence-corrected chi connectivity index (χ0v) is 10.4. The van der Waals surface area contributed by atoms with E-state index in [1.165, 1.54) is 0 Å². The minimum absolute atomic E-state index is 0. The summed E-state index contributed by atoms with van der Waals surface area (Å²) in [4.78, 5) is 0. The van der Waals surface area contributed by atoms with Gasteiger partial charge in [0.1, 0.15) is 0 Å². The fourth-order valence-electron chi connectivity index (χ4n) is 0. The smallest absolute Gasteiger partial charge is 0.570 e. The van der Waals surface area contributed by atoms with Gasteiger partial charge >= 0.3 is 21.7 Å². The Morgan fingerprint density at radius 3 is 0.778 bits per heavy atom. The summed E-state index contributed by atoms with van der Waals surface area (Å²) in [5.41, 5.74) is 0. The van der Waals surface area contributed by atoms with Crippen LogP contribution in [0.4, 0.5) is 0 Å². The van der Waals surface area contributed by atoms with Gasteiger partial charge in [-0.25, -0.2) is 0 Å². The van der Waals surface area contributed by atoms with E-state index in [0.717, 1.165) is 0 Å². The molecule has 0 bridgehead atoms. The van der Waals surface area contributed by atoms with Crippen LogP contribution in [0.15, 0.2) is 0 Å². The quantitative estimate of drug-likeness (QED) is 0.357. The van der Waals surface area contributed by atoms with E-state index in [0.29, 0.717) is 0 Å². The molecule has 0 saturated heterocycles. The Hall–Kier alpha value is 1.77. The molecule has 0 fully saturated rings. The van der Waals surface area contributed by atoms with E-state index in [1.54, 1.807) is 0 Å². The Balaban J connectivity index is -0.0000000720. The first kappa shape index (κ1) is 17.0. The Morgan fingerprint density at radius 1 is 0.778 bits per heavy atom. The average Bonchev–Trinajstić information content (AvgIpc) is 1.25. The van der Waals surface area contributed by atoms with Gasteiger partial charge in [0.05, 0.1) is 0 Å². The maximum absolute atomic E-state index is 4.17. The molecule has 0 saturated carbocycles. The molecule has 0 atom stereocenters. The summed E-state index contributed by atoms with van der Waals surface area (Å²) in [7, 11) is 0. The number of hydrogen-bond donors (Lipinski definition) is 0. The van der Waals surface area contributed by atoms with Gasteiger partial charge in [-0.05, 0) is 0 Å². The molecule has 0 aromatic heterocycles. The Labute approximate surface area is 102 Å². The van der Waals surface area contributed by atoms with Crippen LogP contribution < -0.4 is 0 Å². The van der Waals surface area contributed by atoms with Crippen molar-refractivity contribution in [3.05, 3.63) is 0 Å². The molecule has 0 nitrogen and oxygen atoms in total. The fraction of sp³-hybridized carbons (Fsp3) is 0. The Kier molecular flexibility index (Phi) is 23.6. The molecular formula is C2S6Ti. The molecule has 9 heavy (non-hydrogen) atoms. The summed E-state index contributed by atoms with van der Waals surface area (Å²) in [6.45, 7) is 0. The normalized spacial score (nSPS) is 5.33. The van der Waals surface area contributed by atoms with Gasteiger partial charge in [-0.2, -0.15) is 0 Å². The van der Waals surface area contributed by atoms with Gasteiger partial charge in [0.2, 0.25) is 0 Å². The molecule has 0 aromatic carbocycles. The van der Waals surface area contributed by atoms with Gasteiger partial charge in [-0.15, -0.1) is 0 Å². The Morgan fingerprint density at radius 2 is 0.778 bits per heavy atom. The molecular weight excluding hydrogens is 264 g/mol. The molecule has 0 amide bonds. The third-order valence-electron chi connectivity index (χ3n) is 0. The molecule has 0 aliphatic heterocycles. The zero-order chi connectivity index (χ0) is 7.15. The van der Waals surface area contributed by atoms with Crippen LogP contribution >= 0.6 is 24.4 Å². The third kappa shape index (κ3) is 188. The number of rotatable bonds is 0. The summed E-state index contributed by atoms with van der Waals surface area (Å²) < 4.78 is 0.333. The van der Waals surface area contributed by atoms with Gasteiger partial charge < -0.3 is 75.0 Å². The minimum atomic E-state index is 0. The van der Waals surface area contributed by atoms with Crippen LogP contribution in [-0.4, -0.2) is 7.06 Å². The largest absolute Gasteiger partial charge is 4.00 e. The molecule has 0 N–H and O–H groups in total. The third-order valence-corrected chi connectivity index (χ3v) is 0. The van der Waals surface area contributed by atoms with Crippen molar-refractivity contribution in [2.24, 2.45) is 0 Å². The predicted molar refractivity (Wildman–Crippen MR) is 54.7 cm³/mol. The van der Waals surface area contributed by atoms with Crippen molar-refractivity contribution in [1.82, 2.24) is 0 Å². The first-order valence-corrected chi connectivity index (χ1v) is 3.67. The first-order valence-electron chi connectivity index (χ1n) is 1.22. The second-order valence-electron chi connectivity index (χ2n) is 0.500. The van der Waals surface area contributed by atoms with E-state index in [9.17, 15) is 0 Å². The second-order valence-corrected chi connectivity index (χ2v) is 4.50. The second kappa shape index (κ2) is 12.5. The molecule has 0 rings (SSSR count). The van der Waals surface area contributed by atoms with Gasteiger partial charge in [0.25, 0.3) is 0 Å². The van der Waals surface area contributed by atoms with E-state index in [-0.39, 0.29) is 28.8 Å². The van der Waals surface area contributed by atoms with Crippen molar-refractivity contribution in [1.29, 1.82) is 0 Å². The minimum Gasteiger partial charge on any atom is -0.570 e. The molecule has 0 aliphatic rings. The van der Waals surface area contributed by atoms with Crippen molar-refractivity contribution in [2.45, 2.75) is 0 Å². The average molecular weight is 264 g/mol. The van der Waals surface area contributed by atoms with E-state index < -0.39 is 0 Å². The first-order chi connectivity index (χ1) is 3.46. The Bertz CT molecular complexity index is 69.1. The molecule has 0 radical (unpaired) electrons. The van der Waals surface area contributed by atoms with Gasteiger partial charge in [0, 0.05) is 0 Å². The van der Waals surface area contributed by atoms with Crippen LogP contribution in [0.25, 0.3) is 0 Å². The monoisotopic (exact) mass is 264 g/mol. The molecule has 0 heterocycles. The number of thiocarbonyl (C=S) groups is 2. The van der Waals surface area contributed by atoms with Gasteiger partial charge in [0.15, 0.2) is 0 Å². The van der Waals surface area contributed by atoms with Crippen molar-refractivity contribution >= 4 is 82.0 Å². The SMILES string of the molecule is S=C([S-])[S-].S=C([S-])[S-].[Ti+4]. The standard InChI is InChI=1S/2CH2S3.Ti/c2*2-1(3)4;/h2*(H2,2,3,4);/q;;+4/p-4. The summed E-state index contributed by atoms with van der Waals surface area (Å²) in [6.07, 6.45) is 0. The van der Waals surface area contributed by atoms with Crippen LogP contribution in [0.2, 0.25) is 0 Å². The fourth-order valence-corrected chi connectivity index (χ4v) is 0. The van der Waals surface area contributed by atoms with Crippen LogP contribution in [0.1, 0.15) is 0 Å². The summed E-state index contributed by atoms with van der Waals surface area (Å²) in [5.74, 6) is 0. The molecule has 0 aromatic rings. The summed E-state index contributed by atoms with van der Waals surface area (Å²) in [6, 6.07) is 0. The van der Waals surface area contributed by atoms with Crippen molar-refractivity contribution in [3.63, 3.8) is 0 Å². The molecule has 48 valence electrons. The molecule has 0 unspecified atom stereocenters. The van der Waals surface area contributed by atoms with E-state index in [1.807, 2.05) is 0 Å². The number of hydrogen-bond acceptors (Lipinski definition) is 6. The topological polar surface area (TPSA) is 0 Å². The van der Waals surface area contributed by atoms with Gasteiger partial charge in [-0.3, -0.25) is 7.06 Å². The van der Waals surface area contributed by atoms with Crippen molar-refractivity contribution < 1.29 is 21.7 Å². The van der Waals surface area contributed by atoms with Crippen LogP contribution in [0.3, 0.4) is 0 Å². The summed E-state index contributed by atoms with van der Waals surface area (Å²) >= 11 is 25.0. The van der Waals surface area contributed by atoms with Crippen LogP contribution in [-0.2, 0) is 72.2 Å². The molecule has 0 spiro atoms.